The predicted octanol–water partition coefficient (Wildman–Crippen LogP) is 5.47. The molecule has 6 heteroatoms. The van der Waals surface area contributed by atoms with E-state index in [4.69, 9.17) is 14.2 Å². The molecule has 3 heterocycles. The van der Waals surface area contributed by atoms with Crippen LogP contribution >= 0.6 is 0 Å². The molecule has 0 aliphatic carbocycles. The minimum atomic E-state index is 0.217. The van der Waals surface area contributed by atoms with Gasteiger partial charge in [0.15, 0.2) is 11.5 Å². The Hall–Kier alpha value is -2.73. The number of hydrogen-bond donors (Lipinski definition) is 0. The lowest BCUT2D eigenvalue weighted by molar-refractivity contribution is -0.133. The SMILES string of the molecule is CCCCN1CCOc2ccccc2CCCCC2(CCN(C(=O)Cc3ccc4c(c3)OCO4)CC2)C1. The van der Waals surface area contributed by atoms with Gasteiger partial charge in [-0.05, 0) is 79.8 Å². The van der Waals surface area contributed by atoms with Gasteiger partial charge in [-0.25, -0.2) is 0 Å². The van der Waals surface area contributed by atoms with Crippen molar-refractivity contribution in [2.45, 2.75) is 64.7 Å². The molecular formula is C31H42N2O4. The van der Waals surface area contributed by atoms with Crippen molar-refractivity contribution in [3.63, 3.8) is 0 Å². The maximum Gasteiger partial charge on any atom is 0.231 e. The highest BCUT2D eigenvalue weighted by molar-refractivity contribution is 5.79. The summed E-state index contributed by atoms with van der Waals surface area (Å²) in [6.45, 7) is 8.16. The Balaban J connectivity index is 1.22. The Morgan fingerprint density at radius 3 is 2.62 bits per heavy atom. The summed E-state index contributed by atoms with van der Waals surface area (Å²) in [4.78, 5) is 17.9. The Labute approximate surface area is 221 Å². The van der Waals surface area contributed by atoms with Gasteiger partial charge < -0.3 is 19.1 Å². The zero-order valence-corrected chi connectivity index (χ0v) is 22.4. The summed E-state index contributed by atoms with van der Waals surface area (Å²) in [7, 11) is 0. The maximum atomic E-state index is 13.2. The van der Waals surface area contributed by atoms with E-state index in [1.165, 1.54) is 37.7 Å². The Kier molecular flexibility index (Phi) is 8.55. The van der Waals surface area contributed by atoms with Crippen molar-refractivity contribution in [1.82, 2.24) is 9.80 Å². The number of unbranched alkanes of at least 4 members (excludes halogenated alkanes) is 1. The fourth-order valence-corrected chi connectivity index (χ4v) is 6.13. The fraction of sp³-hybridized carbons (Fsp3) is 0.581. The molecule has 2 aromatic carbocycles. The average Bonchev–Trinajstić information content (AvgIpc) is 3.38. The van der Waals surface area contributed by atoms with E-state index in [1.807, 2.05) is 18.2 Å². The van der Waals surface area contributed by atoms with Gasteiger partial charge >= 0.3 is 0 Å². The number of rotatable bonds is 5. The minimum absolute atomic E-state index is 0.217. The Bertz CT molecular complexity index is 1050. The molecule has 1 saturated heterocycles. The van der Waals surface area contributed by atoms with Crippen molar-refractivity contribution in [3.05, 3.63) is 53.6 Å². The van der Waals surface area contributed by atoms with Gasteiger partial charge in [-0.2, -0.15) is 0 Å². The summed E-state index contributed by atoms with van der Waals surface area (Å²) >= 11 is 0. The van der Waals surface area contributed by atoms with Gasteiger partial charge in [0.1, 0.15) is 12.4 Å². The van der Waals surface area contributed by atoms with Gasteiger partial charge in [-0.3, -0.25) is 9.69 Å². The predicted molar refractivity (Wildman–Crippen MR) is 145 cm³/mol. The van der Waals surface area contributed by atoms with Crippen LogP contribution in [-0.4, -0.2) is 61.8 Å². The molecule has 3 aliphatic rings. The number of likely N-dealkylation sites (tertiary alicyclic amines) is 1. The van der Waals surface area contributed by atoms with E-state index in [2.05, 4.69) is 41.0 Å². The minimum Gasteiger partial charge on any atom is -0.492 e. The van der Waals surface area contributed by atoms with Gasteiger partial charge in [-0.15, -0.1) is 0 Å². The number of fused-ring (bicyclic) bond motifs is 2. The molecule has 6 nitrogen and oxygen atoms in total. The number of amides is 1. The van der Waals surface area contributed by atoms with E-state index in [9.17, 15) is 4.79 Å². The lowest BCUT2D eigenvalue weighted by atomic mass is 9.73. The number of para-hydroxylation sites is 1. The highest BCUT2D eigenvalue weighted by atomic mass is 16.7. The van der Waals surface area contributed by atoms with Crippen LogP contribution in [0.25, 0.3) is 0 Å². The number of ether oxygens (including phenoxy) is 3. The van der Waals surface area contributed by atoms with Crippen molar-refractivity contribution >= 4 is 5.91 Å². The second-order valence-corrected chi connectivity index (χ2v) is 11.0. The lowest BCUT2D eigenvalue weighted by Gasteiger charge is -2.45. The summed E-state index contributed by atoms with van der Waals surface area (Å²) < 4.78 is 17.2. The highest BCUT2D eigenvalue weighted by Gasteiger charge is 2.37. The molecule has 0 bridgehead atoms. The van der Waals surface area contributed by atoms with Crippen molar-refractivity contribution in [2.24, 2.45) is 5.41 Å². The third-order valence-electron chi connectivity index (χ3n) is 8.40. The molecule has 0 atom stereocenters. The second kappa shape index (κ2) is 12.2. The highest BCUT2D eigenvalue weighted by Crippen LogP contribution is 2.39. The molecule has 0 unspecified atom stereocenters. The third-order valence-corrected chi connectivity index (χ3v) is 8.40. The second-order valence-electron chi connectivity index (χ2n) is 11.0. The maximum absolute atomic E-state index is 13.2. The van der Waals surface area contributed by atoms with Crippen molar-refractivity contribution < 1.29 is 19.0 Å². The van der Waals surface area contributed by atoms with Crippen LogP contribution in [-0.2, 0) is 17.6 Å². The van der Waals surface area contributed by atoms with Crippen molar-refractivity contribution in [2.75, 3.05) is 46.1 Å². The number of nitrogens with zero attached hydrogens (tertiary/aromatic N) is 2. The van der Waals surface area contributed by atoms with E-state index >= 15 is 0 Å². The topological polar surface area (TPSA) is 51.2 Å². The quantitative estimate of drug-likeness (QED) is 0.538. The van der Waals surface area contributed by atoms with Crippen LogP contribution < -0.4 is 14.2 Å². The molecule has 1 fully saturated rings. The molecule has 0 aromatic heterocycles. The number of aryl methyl sites for hydroxylation is 1. The first-order chi connectivity index (χ1) is 18.1. The number of carbonyl (C=O) groups excluding carboxylic acids is 1. The summed E-state index contributed by atoms with van der Waals surface area (Å²) in [6.07, 6.45) is 9.73. The normalized spacial score (nSPS) is 20.0. The van der Waals surface area contributed by atoms with E-state index in [-0.39, 0.29) is 18.1 Å². The Morgan fingerprint density at radius 2 is 1.76 bits per heavy atom. The molecule has 0 radical (unpaired) electrons. The van der Waals surface area contributed by atoms with E-state index in [0.717, 1.165) is 81.4 Å². The van der Waals surface area contributed by atoms with Crippen LogP contribution in [0, 0.1) is 5.41 Å². The van der Waals surface area contributed by atoms with Crippen LogP contribution in [0.5, 0.6) is 17.2 Å². The molecule has 1 spiro atoms. The van der Waals surface area contributed by atoms with Gasteiger partial charge in [0.25, 0.3) is 0 Å². The summed E-state index contributed by atoms with van der Waals surface area (Å²) in [5.74, 6) is 2.78. The molecule has 5 rings (SSSR count). The number of carbonyl (C=O) groups is 1. The summed E-state index contributed by atoms with van der Waals surface area (Å²) in [6, 6.07) is 14.4. The molecule has 0 saturated carbocycles. The van der Waals surface area contributed by atoms with Crippen LogP contribution in [0.15, 0.2) is 42.5 Å². The van der Waals surface area contributed by atoms with Crippen LogP contribution in [0.3, 0.4) is 0 Å². The zero-order chi connectivity index (χ0) is 25.5. The van der Waals surface area contributed by atoms with Gasteiger partial charge in [0.05, 0.1) is 6.42 Å². The first-order valence-electron chi connectivity index (χ1n) is 14.2. The number of hydrogen-bond acceptors (Lipinski definition) is 5. The van der Waals surface area contributed by atoms with Gasteiger partial charge in [0.2, 0.25) is 12.7 Å². The van der Waals surface area contributed by atoms with Crippen molar-refractivity contribution in [3.8, 4) is 17.2 Å². The molecule has 1 amide bonds. The molecule has 2 aromatic rings. The van der Waals surface area contributed by atoms with E-state index in [1.54, 1.807) is 0 Å². The fourth-order valence-electron chi connectivity index (χ4n) is 6.13. The average molecular weight is 507 g/mol. The molecule has 3 aliphatic heterocycles. The zero-order valence-electron chi connectivity index (χ0n) is 22.4. The first-order valence-corrected chi connectivity index (χ1v) is 14.2. The molecule has 200 valence electrons. The third kappa shape index (κ3) is 6.59. The smallest absolute Gasteiger partial charge is 0.231 e. The monoisotopic (exact) mass is 506 g/mol. The summed E-state index contributed by atoms with van der Waals surface area (Å²) in [5, 5.41) is 0. The van der Waals surface area contributed by atoms with E-state index in [0.29, 0.717) is 6.42 Å². The van der Waals surface area contributed by atoms with Crippen LogP contribution in [0.4, 0.5) is 0 Å². The van der Waals surface area contributed by atoms with Crippen LogP contribution in [0.1, 0.15) is 63.0 Å². The largest absolute Gasteiger partial charge is 0.492 e. The summed E-state index contributed by atoms with van der Waals surface area (Å²) in [5.41, 5.74) is 2.61. The molecule has 0 N–H and O–H groups in total. The number of benzene rings is 2. The van der Waals surface area contributed by atoms with Crippen LogP contribution in [0.2, 0.25) is 0 Å². The Morgan fingerprint density at radius 1 is 0.919 bits per heavy atom. The van der Waals surface area contributed by atoms with Gasteiger partial charge in [0, 0.05) is 26.2 Å². The van der Waals surface area contributed by atoms with E-state index < -0.39 is 0 Å². The molecular weight excluding hydrogens is 464 g/mol. The lowest BCUT2D eigenvalue weighted by Crippen LogP contribution is -2.49. The number of piperidine rings is 1. The van der Waals surface area contributed by atoms with Crippen molar-refractivity contribution in [1.29, 1.82) is 0 Å². The first kappa shape index (κ1) is 25.9. The molecule has 37 heavy (non-hydrogen) atoms. The standard InChI is InChI=1S/C31H42N2O4/c1-2-3-16-32-19-20-35-27-10-5-4-8-26(27)9-6-7-13-31(23-32)14-17-33(18-15-31)30(34)22-25-11-12-28-29(21-25)37-24-36-28/h4-5,8,10-12,21H,2-3,6-7,9,13-20,22-24H2,1H3. The van der Waals surface area contributed by atoms with Gasteiger partial charge in [-0.1, -0.05) is 44.0 Å².